The lowest BCUT2D eigenvalue weighted by molar-refractivity contribution is -0.133. The van der Waals surface area contributed by atoms with Crippen LogP contribution in [0, 0.1) is 0 Å². The van der Waals surface area contributed by atoms with Crippen molar-refractivity contribution in [2.24, 2.45) is 0 Å². The van der Waals surface area contributed by atoms with E-state index in [1.165, 1.54) is 5.56 Å². The molecule has 0 saturated carbocycles. The standard InChI is InChI=1S/C26H29N5O3/c1-25(2,3)19-12-10-18(11-13-19)16-31-21(14-15-27-31)28-22(32)17-30-23(33)26(4,29-24(30)34)20-8-6-5-7-9-20/h5-15H,16-17H2,1-4H3,(H,28,32)(H,29,34). The molecule has 1 aromatic heterocycles. The third kappa shape index (κ3) is 4.57. The summed E-state index contributed by atoms with van der Waals surface area (Å²) in [6, 6.07) is 18.3. The highest BCUT2D eigenvalue weighted by Crippen LogP contribution is 2.28. The van der Waals surface area contributed by atoms with Gasteiger partial charge in [0.1, 0.15) is 17.9 Å². The van der Waals surface area contributed by atoms with E-state index in [0.29, 0.717) is 17.9 Å². The van der Waals surface area contributed by atoms with Gasteiger partial charge in [-0.3, -0.25) is 14.5 Å². The molecule has 0 radical (unpaired) electrons. The molecule has 1 unspecified atom stereocenters. The summed E-state index contributed by atoms with van der Waals surface area (Å²) in [5, 5.41) is 9.78. The van der Waals surface area contributed by atoms with Crippen molar-refractivity contribution in [2.75, 3.05) is 11.9 Å². The summed E-state index contributed by atoms with van der Waals surface area (Å²) >= 11 is 0. The molecule has 4 amide bonds. The van der Waals surface area contributed by atoms with Gasteiger partial charge in [0.2, 0.25) is 5.91 Å². The Morgan fingerprint density at radius 3 is 2.35 bits per heavy atom. The third-order valence-corrected chi connectivity index (χ3v) is 6.06. The van der Waals surface area contributed by atoms with Gasteiger partial charge >= 0.3 is 6.03 Å². The van der Waals surface area contributed by atoms with E-state index in [1.807, 2.05) is 18.2 Å². The van der Waals surface area contributed by atoms with Crippen LogP contribution < -0.4 is 10.6 Å². The van der Waals surface area contributed by atoms with Crippen LogP contribution in [-0.4, -0.2) is 39.1 Å². The number of nitrogens with one attached hydrogen (secondary N) is 2. The number of urea groups is 1. The summed E-state index contributed by atoms with van der Waals surface area (Å²) in [6.45, 7) is 8.21. The van der Waals surface area contributed by atoms with Crippen molar-refractivity contribution in [1.29, 1.82) is 0 Å². The number of carbonyl (C=O) groups excluding carboxylic acids is 3. The number of benzene rings is 2. The van der Waals surface area contributed by atoms with E-state index in [2.05, 4.69) is 48.6 Å². The number of carbonyl (C=O) groups is 3. The van der Waals surface area contributed by atoms with E-state index in [1.54, 1.807) is 48.1 Å². The van der Waals surface area contributed by atoms with E-state index >= 15 is 0 Å². The second kappa shape index (κ2) is 8.78. The Labute approximate surface area is 199 Å². The molecule has 1 aliphatic rings. The van der Waals surface area contributed by atoms with Crippen molar-refractivity contribution < 1.29 is 14.4 Å². The Balaban J connectivity index is 1.42. The number of amides is 4. The molecule has 0 bridgehead atoms. The first-order chi connectivity index (χ1) is 16.1. The normalized spacial score (nSPS) is 18.2. The summed E-state index contributed by atoms with van der Waals surface area (Å²) in [5.41, 5.74) is 1.80. The first kappa shape index (κ1) is 23.2. The monoisotopic (exact) mass is 459 g/mol. The van der Waals surface area contributed by atoms with Gasteiger partial charge in [-0.25, -0.2) is 9.48 Å². The van der Waals surface area contributed by atoms with Gasteiger partial charge in [0, 0.05) is 6.07 Å². The molecule has 8 nitrogen and oxygen atoms in total. The molecule has 3 aromatic rings. The van der Waals surface area contributed by atoms with Gasteiger partial charge in [-0.1, -0.05) is 75.4 Å². The smallest absolute Gasteiger partial charge is 0.319 e. The first-order valence-corrected chi connectivity index (χ1v) is 11.2. The Hall–Kier alpha value is -3.94. The van der Waals surface area contributed by atoms with Crippen LogP contribution in [0.1, 0.15) is 44.4 Å². The molecule has 0 spiro atoms. The third-order valence-electron chi connectivity index (χ3n) is 6.06. The Bertz CT molecular complexity index is 1210. The molecule has 176 valence electrons. The lowest BCUT2D eigenvalue weighted by Gasteiger charge is -2.22. The van der Waals surface area contributed by atoms with Gasteiger partial charge in [-0.05, 0) is 29.0 Å². The minimum atomic E-state index is -1.21. The van der Waals surface area contributed by atoms with Crippen molar-refractivity contribution in [3.63, 3.8) is 0 Å². The average Bonchev–Trinajstić information content (AvgIpc) is 3.31. The van der Waals surface area contributed by atoms with Crippen LogP contribution in [0.2, 0.25) is 0 Å². The number of aromatic nitrogens is 2. The SMILES string of the molecule is CC(C)(C)c1ccc(Cn2nccc2NC(=O)CN2C(=O)NC(C)(c3ccccc3)C2=O)cc1. The van der Waals surface area contributed by atoms with E-state index in [-0.39, 0.29) is 5.41 Å². The number of rotatable bonds is 6. The fraction of sp³-hybridized carbons (Fsp3) is 0.308. The van der Waals surface area contributed by atoms with Gasteiger partial charge in [0.05, 0.1) is 12.7 Å². The quantitative estimate of drug-likeness (QED) is 0.550. The van der Waals surface area contributed by atoms with Gasteiger partial charge in [-0.2, -0.15) is 5.10 Å². The van der Waals surface area contributed by atoms with Crippen molar-refractivity contribution in [2.45, 2.75) is 45.2 Å². The molecular weight excluding hydrogens is 430 g/mol. The summed E-state index contributed by atoms with van der Waals surface area (Å²) in [7, 11) is 0. The minimum absolute atomic E-state index is 0.0687. The molecule has 34 heavy (non-hydrogen) atoms. The molecule has 1 fully saturated rings. The number of hydrogen-bond donors (Lipinski definition) is 2. The summed E-state index contributed by atoms with van der Waals surface area (Å²) < 4.78 is 1.67. The summed E-state index contributed by atoms with van der Waals surface area (Å²) in [4.78, 5) is 39.2. The number of nitrogens with zero attached hydrogens (tertiary/aromatic N) is 3. The second-order valence-corrected chi connectivity index (χ2v) is 9.68. The lowest BCUT2D eigenvalue weighted by Crippen LogP contribution is -2.42. The Morgan fingerprint density at radius 2 is 1.71 bits per heavy atom. The van der Waals surface area contributed by atoms with Crippen molar-refractivity contribution >= 4 is 23.7 Å². The molecule has 2 heterocycles. The maximum atomic E-state index is 13.0. The van der Waals surface area contributed by atoms with Gasteiger partial charge in [-0.15, -0.1) is 0 Å². The number of imide groups is 1. The molecule has 2 N–H and O–H groups in total. The number of hydrogen-bond acceptors (Lipinski definition) is 4. The predicted octanol–water partition coefficient (Wildman–Crippen LogP) is 3.63. The van der Waals surface area contributed by atoms with Crippen LogP contribution >= 0.6 is 0 Å². The van der Waals surface area contributed by atoms with E-state index < -0.39 is 29.9 Å². The predicted molar refractivity (Wildman–Crippen MR) is 129 cm³/mol. The van der Waals surface area contributed by atoms with Crippen LogP contribution in [0.4, 0.5) is 10.6 Å². The minimum Gasteiger partial charge on any atom is -0.319 e. The average molecular weight is 460 g/mol. The zero-order valence-electron chi connectivity index (χ0n) is 19.8. The summed E-state index contributed by atoms with van der Waals surface area (Å²) in [6.07, 6.45) is 1.60. The highest BCUT2D eigenvalue weighted by molar-refractivity contribution is 6.10. The largest absolute Gasteiger partial charge is 0.325 e. The van der Waals surface area contributed by atoms with E-state index in [0.717, 1.165) is 10.5 Å². The van der Waals surface area contributed by atoms with Gasteiger partial charge in [0.15, 0.2) is 0 Å². The topological polar surface area (TPSA) is 96.3 Å². The van der Waals surface area contributed by atoms with Crippen molar-refractivity contribution in [1.82, 2.24) is 20.0 Å². The Morgan fingerprint density at radius 1 is 1.03 bits per heavy atom. The summed E-state index contributed by atoms with van der Waals surface area (Å²) in [5.74, 6) is -0.459. The van der Waals surface area contributed by atoms with Gasteiger partial charge in [0.25, 0.3) is 5.91 Å². The second-order valence-electron chi connectivity index (χ2n) is 9.68. The van der Waals surface area contributed by atoms with Crippen molar-refractivity contribution in [3.8, 4) is 0 Å². The molecule has 0 aliphatic carbocycles. The van der Waals surface area contributed by atoms with E-state index in [4.69, 9.17) is 0 Å². The van der Waals surface area contributed by atoms with E-state index in [9.17, 15) is 14.4 Å². The van der Waals surface area contributed by atoms with Crippen LogP contribution in [0.15, 0.2) is 66.9 Å². The molecule has 1 saturated heterocycles. The van der Waals surface area contributed by atoms with Gasteiger partial charge < -0.3 is 10.6 Å². The maximum Gasteiger partial charge on any atom is 0.325 e. The lowest BCUT2D eigenvalue weighted by atomic mass is 9.87. The molecule has 2 aromatic carbocycles. The number of anilines is 1. The van der Waals surface area contributed by atoms with Crippen LogP contribution in [-0.2, 0) is 27.1 Å². The Kier molecular flexibility index (Phi) is 6.00. The van der Waals surface area contributed by atoms with Crippen molar-refractivity contribution in [3.05, 3.63) is 83.6 Å². The molecule has 1 atom stereocenters. The van der Waals surface area contributed by atoms with Crippen LogP contribution in [0.5, 0.6) is 0 Å². The van der Waals surface area contributed by atoms with Crippen LogP contribution in [0.25, 0.3) is 0 Å². The maximum absolute atomic E-state index is 13.0. The molecule has 4 rings (SSSR count). The fourth-order valence-electron chi connectivity index (χ4n) is 3.98. The zero-order chi connectivity index (χ0) is 24.5. The molecule has 8 heteroatoms. The van der Waals surface area contributed by atoms with Crippen LogP contribution in [0.3, 0.4) is 0 Å². The first-order valence-electron chi connectivity index (χ1n) is 11.2. The highest BCUT2D eigenvalue weighted by atomic mass is 16.2. The molecule has 1 aliphatic heterocycles. The molecular formula is C26H29N5O3. The fourth-order valence-corrected chi connectivity index (χ4v) is 3.98. The zero-order valence-corrected chi connectivity index (χ0v) is 19.8. The highest BCUT2D eigenvalue weighted by Gasteiger charge is 2.49.